The molecular weight excluding hydrogens is 124 g/mol. The van der Waals surface area contributed by atoms with Gasteiger partial charge >= 0.3 is 0 Å². The Kier molecular flexibility index (Phi) is 2.50. The van der Waals surface area contributed by atoms with E-state index in [0.717, 1.165) is 0 Å². The normalized spacial score (nSPS) is 27.3. The molecule has 1 rings (SSSR count). The summed E-state index contributed by atoms with van der Waals surface area (Å²) in [6.07, 6.45) is 3.75. The topological polar surface area (TPSA) is 20.2 Å². The molecule has 10 heavy (non-hydrogen) atoms. The van der Waals surface area contributed by atoms with Crippen LogP contribution in [0.25, 0.3) is 0 Å². The molecule has 0 radical (unpaired) electrons. The van der Waals surface area contributed by atoms with Gasteiger partial charge in [-0.15, -0.1) is 0 Å². The van der Waals surface area contributed by atoms with Crippen molar-refractivity contribution in [1.29, 1.82) is 0 Å². The number of rotatable bonds is 1. The Bertz CT molecular complexity index is 147. The molecule has 0 aromatic heterocycles. The molecular formula is C9H16O. The molecule has 1 aliphatic rings. The van der Waals surface area contributed by atoms with Crippen molar-refractivity contribution in [3.05, 3.63) is 11.1 Å². The minimum atomic E-state index is 0.271. The maximum Gasteiger partial charge on any atom is 0.0646 e. The Balaban J connectivity index is 2.73. The third kappa shape index (κ3) is 1.40. The minimum absolute atomic E-state index is 0.271. The third-order valence-corrected chi connectivity index (χ3v) is 2.50. The maximum atomic E-state index is 8.97. The second-order valence-corrected chi connectivity index (χ2v) is 3.26. The van der Waals surface area contributed by atoms with Gasteiger partial charge in [0.25, 0.3) is 0 Å². The Hall–Kier alpha value is -0.300. The molecule has 0 aromatic rings. The Labute approximate surface area is 62.8 Å². The van der Waals surface area contributed by atoms with Crippen molar-refractivity contribution >= 4 is 0 Å². The first-order valence-electron chi connectivity index (χ1n) is 4.05. The van der Waals surface area contributed by atoms with Gasteiger partial charge in [-0.2, -0.15) is 0 Å². The van der Waals surface area contributed by atoms with Crippen LogP contribution in [0.15, 0.2) is 11.1 Å². The van der Waals surface area contributed by atoms with E-state index in [-0.39, 0.29) is 6.61 Å². The standard InChI is InChI=1S/C9H16O/c1-7-4-3-5-8(2)9(7)6-10/h7,10H,3-6H2,1-2H3. The van der Waals surface area contributed by atoms with Crippen molar-refractivity contribution in [3.63, 3.8) is 0 Å². The molecule has 1 atom stereocenters. The first-order valence-corrected chi connectivity index (χ1v) is 4.05. The van der Waals surface area contributed by atoms with Crippen LogP contribution in [0.4, 0.5) is 0 Å². The van der Waals surface area contributed by atoms with E-state index in [1.807, 2.05) is 0 Å². The highest BCUT2D eigenvalue weighted by Gasteiger charge is 2.15. The molecule has 0 saturated heterocycles. The van der Waals surface area contributed by atoms with Gasteiger partial charge in [0.1, 0.15) is 0 Å². The Morgan fingerprint density at radius 3 is 2.70 bits per heavy atom. The summed E-state index contributed by atoms with van der Waals surface area (Å²) in [5.74, 6) is 0.624. The van der Waals surface area contributed by atoms with Crippen LogP contribution in [-0.4, -0.2) is 11.7 Å². The van der Waals surface area contributed by atoms with Crippen molar-refractivity contribution in [2.75, 3.05) is 6.61 Å². The lowest BCUT2D eigenvalue weighted by Gasteiger charge is -2.22. The van der Waals surface area contributed by atoms with E-state index in [1.165, 1.54) is 30.4 Å². The van der Waals surface area contributed by atoms with Crippen LogP contribution >= 0.6 is 0 Å². The number of allylic oxidation sites excluding steroid dienone is 1. The smallest absolute Gasteiger partial charge is 0.0646 e. The summed E-state index contributed by atoms with van der Waals surface area (Å²) in [6, 6.07) is 0. The van der Waals surface area contributed by atoms with Crippen LogP contribution in [0.1, 0.15) is 33.1 Å². The van der Waals surface area contributed by atoms with Crippen LogP contribution in [0.2, 0.25) is 0 Å². The monoisotopic (exact) mass is 140 g/mol. The fraction of sp³-hybridized carbons (Fsp3) is 0.778. The van der Waals surface area contributed by atoms with Crippen LogP contribution < -0.4 is 0 Å². The van der Waals surface area contributed by atoms with E-state index in [4.69, 9.17) is 5.11 Å². The second-order valence-electron chi connectivity index (χ2n) is 3.26. The first-order chi connectivity index (χ1) is 4.75. The number of hydrogen-bond donors (Lipinski definition) is 1. The van der Waals surface area contributed by atoms with Crippen LogP contribution in [0, 0.1) is 5.92 Å². The molecule has 0 saturated carbocycles. The van der Waals surface area contributed by atoms with E-state index >= 15 is 0 Å². The molecule has 0 bridgehead atoms. The van der Waals surface area contributed by atoms with Gasteiger partial charge in [-0.1, -0.05) is 12.5 Å². The zero-order chi connectivity index (χ0) is 7.56. The summed E-state index contributed by atoms with van der Waals surface area (Å²) in [5, 5.41) is 8.97. The molecule has 0 fully saturated rings. The van der Waals surface area contributed by atoms with E-state index in [1.54, 1.807) is 0 Å². The van der Waals surface area contributed by atoms with Crippen molar-refractivity contribution < 1.29 is 5.11 Å². The molecule has 0 amide bonds. The molecule has 0 aromatic carbocycles. The van der Waals surface area contributed by atoms with Gasteiger partial charge in [0, 0.05) is 0 Å². The highest BCUT2D eigenvalue weighted by molar-refractivity contribution is 5.17. The molecule has 58 valence electrons. The average molecular weight is 140 g/mol. The SMILES string of the molecule is CC1=C(CO)C(C)CCC1. The zero-order valence-corrected chi connectivity index (χ0v) is 6.85. The second kappa shape index (κ2) is 3.20. The quantitative estimate of drug-likeness (QED) is 0.553. The maximum absolute atomic E-state index is 8.97. The van der Waals surface area contributed by atoms with Gasteiger partial charge < -0.3 is 5.11 Å². The molecule has 1 nitrogen and oxygen atoms in total. The summed E-state index contributed by atoms with van der Waals surface area (Å²) < 4.78 is 0. The van der Waals surface area contributed by atoms with Crippen molar-refractivity contribution in [1.82, 2.24) is 0 Å². The molecule has 1 aliphatic carbocycles. The van der Waals surface area contributed by atoms with Crippen LogP contribution in [-0.2, 0) is 0 Å². The first kappa shape index (κ1) is 7.80. The van der Waals surface area contributed by atoms with Crippen molar-refractivity contribution in [3.8, 4) is 0 Å². The Morgan fingerprint density at radius 2 is 2.30 bits per heavy atom. The molecule has 0 spiro atoms. The summed E-state index contributed by atoms with van der Waals surface area (Å²) in [4.78, 5) is 0. The molecule has 0 aliphatic heterocycles. The number of aliphatic hydroxyl groups excluding tert-OH is 1. The van der Waals surface area contributed by atoms with Crippen molar-refractivity contribution in [2.24, 2.45) is 5.92 Å². The van der Waals surface area contributed by atoms with Gasteiger partial charge in [0.05, 0.1) is 6.61 Å². The number of hydrogen-bond acceptors (Lipinski definition) is 1. The van der Waals surface area contributed by atoms with Gasteiger partial charge in [-0.25, -0.2) is 0 Å². The summed E-state index contributed by atoms with van der Waals surface area (Å²) in [6.45, 7) is 4.61. The highest BCUT2D eigenvalue weighted by atomic mass is 16.3. The minimum Gasteiger partial charge on any atom is -0.392 e. The van der Waals surface area contributed by atoms with Gasteiger partial charge in [0.15, 0.2) is 0 Å². The predicted octanol–water partition coefficient (Wildman–Crippen LogP) is 2.12. The fourth-order valence-corrected chi connectivity index (χ4v) is 1.72. The highest BCUT2D eigenvalue weighted by Crippen LogP contribution is 2.28. The van der Waals surface area contributed by atoms with E-state index < -0.39 is 0 Å². The van der Waals surface area contributed by atoms with E-state index in [9.17, 15) is 0 Å². The molecule has 1 heteroatoms. The molecule has 1 N–H and O–H groups in total. The molecule has 0 heterocycles. The summed E-state index contributed by atoms with van der Waals surface area (Å²) in [5.41, 5.74) is 2.70. The third-order valence-electron chi connectivity index (χ3n) is 2.50. The van der Waals surface area contributed by atoms with Crippen molar-refractivity contribution in [2.45, 2.75) is 33.1 Å². The van der Waals surface area contributed by atoms with Gasteiger partial charge in [0.2, 0.25) is 0 Å². The lowest BCUT2D eigenvalue weighted by atomic mass is 9.85. The van der Waals surface area contributed by atoms with Crippen LogP contribution in [0.3, 0.4) is 0 Å². The molecule has 1 unspecified atom stereocenters. The summed E-state index contributed by atoms with van der Waals surface area (Å²) in [7, 11) is 0. The van der Waals surface area contributed by atoms with E-state index in [2.05, 4.69) is 13.8 Å². The fourth-order valence-electron chi connectivity index (χ4n) is 1.72. The van der Waals surface area contributed by atoms with Gasteiger partial charge in [-0.05, 0) is 37.7 Å². The average Bonchev–Trinajstić information content (AvgIpc) is 1.88. The van der Waals surface area contributed by atoms with E-state index in [0.29, 0.717) is 5.92 Å². The predicted molar refractivity (Wildman–Crippen MR) is 42.8 cm³/mol. The van der Waals surface area contributed by atoms with Crippen LogP contribution in [0.5, 0.6) is 0 Å². The summed E-state index contributed by atoms with van der Waals surface area (Å²) >= 11 is 0. The lowest BCUT2D eigenvalue weighted by Crippen LogP contribution is -2.10. The number of aliphatic hydroxyl groups is 1. The van der Waals surface area contributed by atoms with Gasteiger partial charge in [-0.3, -0.25) is 0 Å². The largest absolute Gasteiger partial charge is 0.392 e. The zero-order valence-electron chi connectivity index (χ0n) is 6.85. The Morgan fingerprint density at radius 1 is 1.60 bits per heavy atom. The lowest BCUT2D eigenvalue weighted by molar-refractivity contribution is 0.305.